The van der Waals surface area contributed by atoms with Gasteiger partial charge in [0.15, 0.2) is 0 Å². The third kappa shape index (κ3) is 3.69. The maximum atomic E-state index is 11.1. The van der Waals surface area contributed by atoms with Crippen LogP contribution in [0.25, 0.3) is 0 Å². The SMILES string of the molecule is NC(=O)c1ccc(CN2CCOC(Cn3cncn3)C2)cc1. The van der Waals surface area contributed by atoms with Gasteiger partial charge in [0, 0.05) is 25.2 Å². The van der Waals surface area contributed by atoms with E-state index in [-0.39, 0.29) is 6.10 Å². The summed E-state index contributed by atoms with van der Waals surface area (Å²) in [6.07, 6.45) is 3.34. The molecular formula is C15H19N5O2. The summed E-state index contributed by atoms with van der Waals surface area (Å²) in [5, 5.41) is 4.11. The molecule has 116 valence electrons. The summed E-state index contributed by atoms with van der Waals surface area (Å²) in [5.74, 6) is -0.397. The molecule has 1 amide bonds. The molecule has 0 radical (unpaired) electrons. The largest absolute Gasteiger partial charge is 0.374 e. The van der Waals surface area contributed by atoms with Gasteiger partial charge in [-0.15, -0.1) is 0 Å². The van der Waals surface area contributed by atoms with E-state index in [0.29, 0.717) is 18.7 Å². The van der Waals surface area contributed by atoms with Crippen LogP contribution in [0.3, 0.4) is 0 Å². The van der Waals surface area contributed by atoms with Crippen molar-refractivity contribution in [1.29, 1.82) is 0 Å². The minimum Gasteiger partial charge on any atom is -0.374 e. The Hall–Kier alpha value is -2.25. The van der Waals surface area contributed by atoms with E-state index in [2.05, 4.69) is 15.0 Å². The van der Waals surface area contributed by atoms with Crippen LogP contribution in [0.15, 0.2) is 36.9 Å². The van der Waals surface area contributed by atoms with Crippen molar-refractivity contribution in [3.8, 4) is 0 Å². The summed E-state index contributed by atoms with van der Waals surface area (Å²) in [6.45, 7) is 3.98. The Labute approximate surface area is 128 Å². The fourth-order valence-electron chi connectivity index (χ4n) is 2.60. The van der Waals surface area contributed by atoms with E-state index in [4.69, 9.17) is 10.5 Å². The number of aromatic nitrogens is 3. The highest BCUT2D eigenvalue weighted by atomic mass is 16.5. The number of hydrogen-bond acceptors (Lipinski definition) is 5. The molecule has 22 heavy (non-hydrogen) atoms. The lowest BCUT2D eigenvalue weighted by Gasteiger charge is -2.32. The zero-order chi connectivity index (χ0) is 15.4. The zero-order valence-electron chi connectivity index (χ0n) is 12.3. The van der Waals surface area contributed by atoms with Crippen molar-refractivity contribution in [2.75, 3.05) is 19.7 Å². The number of benzene rings is 1. The van der Waals surface area contributed by atoms with Gasteiger partial charge in [-0.3, -0.25) is 14.4 Å². The predicted molar refractivity (Wildman–Crippen MR) is 80.0 cm³/mol. The third-order valence-electron chi connectivity index (χ3n) is 3.72. The number of hydrogen-bond donors (Lipinski definition) is 1. The molecule has 1 fully saturated rings. The Balaban J connectivity index is 1.56. The van der Waals surface area contributed by atoms with Gasteiger partial charge in [0.05, 0.1) is 19.3 Å². The molecule has 1 aromatic heterocycles. The Morgan fingerprint density at radius 1 is 1.36 bits per heavy atom. The first kappa shape index (κ1) is 14.7. The molecule has 1 aliphatic rings. The number of carbonyl (C=O) groups excluding carboxylic acids is 1. The molecule has 2 aromatic rings. The van der Waals surface area contributed by atoms with Crippen LogP contribution in [0.1, 0.15) is 15.9 Å². The van der Waals surface area contributed by atoms with Gasteiger partial charge in [0.2, 0.25) is 5.91 Å². The molecule has 1 atom stereocenters. The van der Waals surface area contributed by atoms with E-state index in [1.807, 2.05) is 12.1 Å². The smallest absolute Gasteiger partial charge is 0.248 e. The minimum atomic E-state index is -0.397. The number of nitrogens with two attached hydrogens (primary N) is 1. The molecule has 7 nitrogen and oxygen atoms in total. The summed E-state index contributed by atoms with van der Waals surface area (Å²) >= 11 is 0. The quantitative estimate of drug-likeness (QED) is 0.857. The van der Waals surface area contributed by atoms with Crippen LogP contribution in [0.4, 0.5) is 0 Å². The summed E-state index contributed by atoms with van der Waals surface area (Å²) in [7, 11) is 0. The fraction of sp³-hybridized carbons (Fsp3) is 0.400. The molecule has 1 saturated heterocycles. The second-order valence-electron chi connectivity index (χ2n) is 5.41. The molecule has 1 aromatic carbocycles. The Morgan fingerprint density at radius 3 is 2.86 bits per heavy atom. The van der Waals surface area contributed by atoms with Crippen LogP contribution in [-0.2, 0) is 17.8 Å². The van der Waals surface area contributed by atoms with Crippen molar-refractivity contribution in [3.05, 3.63) is 48.0 Å². The summed E-state index contributed by atoms with van der Waals surface area (Å²) in [4.78, 5) is 17.4. The summed E-state index contributed by atoms with van der Waals surface area (Å²) in [5.41, 5.74) is 6.95. The average Bonchev–Trinajstić information content (AvgIpc) is 3.01. The lowest BCUT2D eigenvalue weighted by molar-refractivity contribution is -0.0402. The van der Waals surface area contributed by atoms with Gasteiger partial charge in [-0.05, 0) is 17.7 Å². The van der Waals surface area contributed by atoms with Crippen LogP contribution in [0.5, 0.6) is 0 Å². The van der Waals surface area contributed by atoms with E-state index >= 15 is 0 Å². The van der Waals surface area contributed by atoms with E-state index in [9.17, 15) is 4.79 Å². The van der Waals surface area contributed by atoms with Crippen LogP contribution < -0.4 is 5.73 Å². The van der Waals surface area contributed by atoms with Gasteiger partial charge in [-0.1, -0.05) is 12.1 Å². The molecule has 0 spiro atoms. The number of carbonyl (C=O) groups is 1. The Morgan fingerprint density at radius 2 is 2.18 bits per heavy atom. The first-order valence-corrected chi connectivity index (χ1v) is 7.26. The first-order chi connectivity index (χ1) is 10.7. The van der Waals surface area contributed by atoms with Crippen LogP contribution in [-0.4, -0.2) is 51.4 Å². The maximum absolute atomic E-state index is 11.1. The van der Waals surface area contributed by atoms with Crippen molar-refractivity contribution in [1.82, 2.24) is 19.7 Å². The van der Waals surface area contributed by atoms with E-state index in [0.717, 1.165) is 25.2 Å². The highest BCUT2D eigenvalue weighted by Crippen LogP contribution is 2.12. The standard InChI is InChI=1S/C15H19N5O2/c16-15(21)13-3-1-12(2-4-13)7-19-5-6-22-14(8-19)9-20-11-17-10-18-20/h1-4,10-11,14H,5-9H2,(H2,16,21). The highest BCUT2D eigenvalue weighted by Gasteiger charge is 2.21. The van der Waals surface area contributed by atoms with Gasteiger partial charge in [-0.25, -0.2) is 4.98 Å². The van der Waals surface area contributed by atoms with Crippen LogP contribution in [0, 0.1) is 0 Å². The number of amides is 1. The maximum Gasteiger partial charge on any atom is 0.248 e. The molecule has 0 bridgehead atoms. The molecule has 0 saturated carbocycles. The van der Waals surface area contributed by atoms with Crippen molar-refractivity contribution in [2.45, 2.75) is 19.2 Å². The molecule has 3 rings (SSSR count). The summed E-state index contributed by atoms with van der Waals surface area (Å²) < 4.78 is 7.57. The van der Waals surface area contributed by atoms with E-state index in [1.165, 1.54) is 6.33 Å². The number of ether oxygens (including phenoxy) is 1. The van der Waals surface area contributed by atoms with Gasteiger partial charge in [0.1, 0.15) is 12.7 Å². The fourth-order valence-corrected chi connectivity index (χ4v) is 2.60. The van der Waals surface area contributed by atoms with Gasteiger partial charge in [0.25, 0.3) is 0 Å². The molecule has 2 N–H and O–H groups in total. The molecule has 0 aliphatic carbocycles. The van der Waals surface area contributed by atoms with Crippen molar-refractivity contribution in [2.24, 2.45) is 5.73 Å². The van der Waals surface area contributed by atoms with Gasteiger partial charge in [-0.2, -0.15) is 5.10 Å². The normalized spacial score (nSPS) is 19.2. The molecule has 1 unspecified atom stereocenters. The van der Waals surface area contributed by atoms with Gasteiger partial charge < -0.3 is 10.5 Å². The number of primary amides is 1. The topological polar surface area (TPSA) is 86.3 Å². The van der Waals surface area contributed by atoms with E-state index in [1.54, 1.807) is 23.1 Å². The average molecular weight is 301 g/mol. The van der Waals surface area contributed by atoms with Crippen LogP contribution >= 0.6 is 0 Å². The lowest BCUT2D eigenvalue weighted by Crippen LogP contribution is -2.43. The predicted octanol–water partition coefficient (Wildman–Crippen LogP) is 0.278. The zero-order valence-corrected chi connectivity index (χ0v) is 12.3. The van der Waals surface area contributed by atoms with Crippen molar-refractivity contribution in [3.63, 3.8) is 0 Å². The summed E-state index contributed by atoms with van der Waals surface area (Å²) in [6, 6.07) is 7.43. The lowest BCUT2D eigenvalue weighted by atomic mass is 10.1. The van der Waals surface area contributed by atoms with E-state index < -0.39 is 5.91 Å². The first-order valence-electron chi connectivity index (χ1n) is 7.26. The molecule has 1 aliphatic heterocycles. The number of morpholine rings is 1. The second kappa shape index (κ2) is 6.67. The minimum absolute atomic E-state index is 0.111. The number of rotatable bonds is 5. The van der Waals surface area contributed by atoms with Crippen molar-refractivity contribution < 1.29 is 9.53 Å². The molecule has 2 heterocycles. The Kier molecular flexibility index (Phi) is 4.45. The number of nitrogens with zero attached hydrogens (tertiary/aromatic N) is 4. The molecule has 7 heteroatoms. The van der Waals surface area contributed by atoms with Gasteiger partial charge >= 0.3 is 0 Å². The third-order valence-corrected chi connectivity index (χ3v) is 3.72. The second-order valence-corrected chi connectivity index (χ2v) is 5.41. The van der Waals surface area contributed by atoms with Crippen molar-refractivity contribution >= 4 is 5.91 Å². The Bertz CT molecular complexity index is 611. The highest BCUT2D eigenvalue weighted by molar-refractivity contribution is 5.92. The monoisotopic (exact) mass is 301 g/mol. The molecular weight excluding hydrogens is 282 g/mol. The van der Waals surface area contributed by atoms with Crippen LogP contribution in [0.2, 0.25) is 0 Å².